The van der Waals surface area contributed by atoms with Crippen LogP contribution in [0.2, 0.25) is 0 Å². The molecular weight excluding hydrogens is 220 g/mol. The van der Waals surface area contributed by atoms with Gasteiger partial charge in [0, 0.05) is 28.6 Å². The second-order valence-electron chi connectivity index (χ2n) is 3.39. The van der Waals surface area contributed by atoms with Gasteiger partial charge in [0.05, 0.1) is 7.11 Å². The van der Waals surface area contributed by atoms with Gasteiger partial charge in [-0.3, -0.25) is 4.98 Å². The molecular formula is C12H14N2OS. The zero-order valence-electron chi connectivity index (χ0n) is 9.36. The first-order valence-corrected chi connectivity index (χ1v) is 5.94. The van der Waals surface area contributed by atoms with E-state index in [4.69, 9.17) is 4.74 Å². The lowest BCUT2D eigenvalue weighted by molar-refractivity contribution is 0.415. The van der Waals surface area contributed by atoms with Crippen LogP contribution in [0.5, 0.6) is 5.75 Å². The van der Waals surface area contributed by atoms with Crippen LogP contribution in [0.4, 0.5) is 0 Å². The molecule has 0 aliphatic rings. The SMILES string of the molecule is CNCc1cc(-c2ncccc2OC)cs1. The summed E-state index contributed by atoms with van der Waals surface area (Å²) in [5, 5.41) is 5.24. The van der Waals surface area contributed by atoms with Crippen LogP contribution in [0.1, 0.15) is 4.88 Å². The van der Waals surface area contributed by atoms with Crippen LogP contribution in [-0.4, -0.2) is 19.1 Å². The Balaban J connectivity index is 2.34. The van der Waals surface area contributed by atoms with Gasteiger partial charge in [-0.2, -0.15) is 0 Å². The first kappa shape index (κ1) is 11.1. The van der Waals surface area contributed by atoms with E-state index in [0.29, 0.717) is 0 Å². The molecule has 0 spiro atoms. The predicted octanol–water partition coefficient (Wildman–Crippen LogP) is 2.54. The number of nitrogens with zero attached hydrogens (tertiary/aromatic N) is 1. The summed E-state index contributed by atoms with van der Waals surface area (Å²) in [6, 6.07) is 5.95. The van der Waals surface area contributed by atoms with Gasteiger partial charge in [-0.25, -0.2) is 0 Å². The molecule has 2 aromatic rings. The average molecular weight is 234 g/mol. The van der Waals surface area contributed by atoms with Crippen molar-refractivity contribution in [2.75, 3.05) is 14.2 Å². The van der Waals surface area contributed by atoms with Crippen LogP contribution >= 0.6 is 11.3 Å². The molecule has 0 radical (unpaired) electrons. The second kappa shape index (κ2) is 5.09. The van der Waals surface area contributed by atoms with E-state index in [9.17, 15) is 0 Å². The number of hydrogen-bond acceptors (Lipinski definition) is 4. The molecule has 0 atom stereocenters. The third-order valence-electron chi connectivity index (χ3n) is 2.27. The van der Waals surface area contributed by atoms with Crippen molar-refractivity contribution in [1.29, 1.82) is 0 Å². The molecule has 0 saturated heterocycles. The van der Waals surface area contributed by atoms with Crippen molar-refractivity contribution in [2.24, 2.45) is 0 Å². The number of methoxy groups -OCH3 is 1. The van der Waals surface area contributed by atoms with Crippen molar-refractivity contribution < 1.29 is 4.74 Å². The molecule has 1 N–H and O–H groups in total. The van der Waals surface area contributed by atoms with E-state index in [1.165, 1.54) is 4.88 Å². The third-order valence-corrected chi connectivity index (χ3v) is 3.21. The quantitative estimate of drug-likeness (QED) is 0.882. The molecule has 84 valence electrons. The largest absolute Gasteiger partial charge is 0.494 e. The van der Waals surface area contributed by atoms with Crippen molar-refractivity contribution in [2.45, 2.75) is 6.54 Å². The van der Waals surface area contributed by atoms with E-state index in [-0.39, 0.29) is 0 Å². The highest BCUT2D eigenvalue weighted by Crippen LogP contribution is 2.30. The molecule has 4 heteroatoms. The Bertz CT molecular complexity index is 468. The van der Waals surface area contributed by atoms with Crippen LogP contribution in [0.15, 0.2) is 29.8 Å². The minimum absolute atomic E-state index is 0.816. The lowest BCUT2D eigenvalue weighted by atomic mass is 10.2. The number of aromatic nitrogens is 1. The van der Waals surface area contributed by atoms with Crippen molar-refractivity contribution in [3.05, 3.63) is 34.7 Å². The normalized spacial score (nSPS) is 10.4. The first-order chi connectivity index (χ1) is 7.85. The molecule has 3 nitrogen and oxygen atoms in total. The second-order valence-corrected chi connectivity index (χ2v) is 4.38. The molecule has 0 aliphatic carbocycles. The van der Waals surface area contributed by atoms with Gasteiger partial charge in [0.15, 0.2) is 0 Å². The Morgan fingerprint density at radius 2 is 2.38 bits per heavy atom. The predicted molar refractivity (Wildman–Crippen MR) is 66.9 cm³/mol. The number of ether oxygens (including phenoxy) is 1. The van der Waals surface area contributed by atoms with Gasteiger partial charge in [0.1, 0.15) is 11.4 Å². The van der Waals surface area contributed by atoms with E-state index < -0.39 is 0 Å². The van der Waals surface area contributed by atoms with Crippen molar-refractivity contribution in [3.8, 4) is 17.0 Å². The molecule has 0 aliphatic heterocycles. The molecule has 0 fully saturated rings. The number of rotatable bonds is 4. The van der Waals surface area contributed by atoms with Crippen molar-refractivity contribution in [3.63, 3.8) is 0 Å². The summed E-state index contributed by atoms with van der Waals surface area (Å²) in [5.74, 6) is 0.816. The molecule has 16 heavy (non-hydrogen) atoms. The number of thiophene rings is 1. The number of hydrogen-bond donors (Lipinski definition) is 1. The molecule has 0 aromatic carbocycles. The summed E-state index contributed by atoms with van der Waals surface area (Å²) < 4.78 is 5.30. The van der Waals surface area contributed by atoms with Crippen molar-refractivity contribution >= 4 is 11.3 Å². The maximum absolute atomic E-state index is 5.30. The molecule has 2 rings (SSSR count). The maximum Gasteiger partial charge on any atom is 0.145 e. The van der Waals surface area contributed by atoms with Gasteiger partial charge in [-0.1, -0.05) is 0 Å². The van der Waals surface area contributed by atoms with Crippen LogP contribution in [0.3, 0.4) is 0 Å². The minimum Gasteiger partial charge on any atom is -0.494 e. The highest BCUT2D eigenvalue weighted by atomic mass is 32.1. The molecule has 2 aromatic heterocycles. The third kappa shape index (κ3) is 2.23. The van der Waals surface area contributed by atoms with E-state index in [1.807, 2.05) is 19.2 Å². The number of pyridine rings is 1. The average Bonchev–Trinajstić information content (AvgIpc) is 2.78. The lowest BCUT2D eigenvalue weighted by Crippen LogP contribution is -2.02. The fourth-order valence-electron chi connectivity index (χ4n) is 1.54. The maximum atomic E-state index is 5.30. The minimum atomic E-state index is 0.816. The van der Waals surface area contributed by atoms with E-state index >= 15 is 0 Å². The molecule has 0 saturated carbocycles. The van der Waals surface area contributed by atoms with Gasteiger partial charge < -0.3 is 10.1 Å². The molecule has 2 heterocycles. The highest BCUT2D eigenvalue weighted by Gasteiger charge is 2.08. The Morgan fingerprint density at radius 1 is 1.50 bits per heavy atom. The van der Waals surface area contributed by atoms with Gasteiger partial charge in [0.2, 0.25) is 0 Å². The topological polar surface area (TPSA) is 34.2 Å². The fraction of sp³-hybridized carbons (Fsp3) is 0.250. The summed E-state index contributed by atoms with van der Waals surface area (Å²) in [7, 11) is 3.61. The van der Waals surface area contributed by atoms with E-state index in [0.717, 1.165) is 23.6 Å². The zero-order valence-corrected chi connectivity index (χ0v) is 10.2. The van der Waals surface area contributed by atoms with Crippen LogP contribution in [0, 0.1) is 0 Å². The molecule has 0 amide bonds. The highest BCUT2D eigenvalue weighted by molar-refractivity contribution is 7.10. The smallest absolute Gasteiger partial charge is 0.145 e. The van der Waals surface area contributed by atoms with Gasteiger partial charge >= 0.3 is 0 Å². The summed E-state index contributed by atoms with van der Waals surface area (Å²) in [4.78, 5) is 5.65. The van der Waals surface area contributed by atoms with Gasteiger partial charge in [0.25, 0.3) is 0 Å². The molecule has 0 unspecified atom stereocenters. The fourth-order valence-corrected chi connectivity index (χ4v) is 2.42. The summed E-state index contributed by atoms with van der Waals surface area (Å²) in [6.45, 7) is 0.889. The van der Waals surface area contributed by atoms with Gasteiger partial charge in [-0.15, -0.1) is 11.3 Å². The molecule has 0 bridgehead atoms. The van der Waals surface area contributed by atoms with Crippen LogP contribution in [-0.2, 0) is 6.54 Å². The monoisotopic (exact) mass is 234 g/mol. The Hall–Kier alpha value is -1.39. The standard InChI is InChI=1S/C12H14N2OS/c1-13-7-10-6-9(8-16-10)12-11(15-2)4-3-5-14-12/h3-6,8,13H,7H2,1-2H3. The van der Waals surface area contributed by atoms with E-state index in [2.05, 4.69) is 21.7 Å². The lowest BCUT2D eigenvalue weighted by Gasteiger charge is -2.04. The summed E-state index contributed by atoms with van der Waals surface area (Å²) in [6.07, 6.45) is 1.78. The Morgan fingerprint density at radius 3 is 3.12 bits per heavy atom. The Kier molecular flexibility index (Phi) is 3.54. The number of nitrogens with one attached hydrogen (secondary N) is 1. The van der Waals surface area contributed by atoms with Crippen LogP contribution in [0.25, 0.3) is 11.3 Å². The van der Waals surface area contributed by atoms with Crippen LogP contribution < -0.4 is 10.1 Å². The summed E-state index contributed by atoms with van der Waals surface area (Å²) in [5.41, 5.74) is 2.02. The Labute approximate surface area is 99.1 Å². The van der Waals surface area contributed by atoms with Crippen molar-refractivity contribution in [1.82, 2.24) is 10.3 Å². The zero-order chi connectivity index (χ0) is 11.4. The first-order valence-electron chi connectivity index (χ1n) is 5.06. The van der Waals surface area contributed by atoms with Gasteiger partial charge in [-0.05, 0) is 25.2 Å². The summed E-state index contributed by atoms with van der Waals surface area (Å²) >= 11 is 1.73. The van der Waals surface area contributed by atoms with E-state index in [1.54, 1.807) is 24.6 Å².